The molecule has 0 aromatic heterocycles. The minimum Gasteiger partial charge on any atom is -0.494 e. The van der Waals surface area contributed by atoms with Gasteiger partial charge >= 0.3 is 6.03 Å². The van der Waals surface area contributed by atoms with Gasteiger partial charge in [0.1, 0.15) is 5.75 Å². The van der Waals surface area contributed by atoms with Crippen molar-refractivity contribution in [1.29, 1.82) is 5.26 Å². The van der Waals surface area contributed by atoms with Gasteiger partial charge < -0.3 is 20.3 Å². The van der Waals surface area contributed by atoms with Crippen LogP contribution < -0.4 is 20.3 Å². The van der Waals surface area contributed by atoms with Gasteiger partial charge in [-0.15, -0.1) is 0 Å². The molecule has 0 radical (unpaired) electrons. The second kappa shape index (κ2) is 8.66. The maximum Gasteiger partial charge on any atom is 0.319 e. The lowest BCUT2D eigenvalue weighted by Crippen LogP contribution is -2.28. The molecule has 6 heteroatoms. The van der Waals surface area contributed by atoms with Crippen molar-refractivity contribution >= 4 is 17.4 Å². The molecule has 2 atom stereocenters. The number of nitriles is 1. The van der Waals surface area contributed by atoms with E-state index in [2.05, 4.69) is 28.5 Å². The highest BCUT2D eigenvalue weighted by atomic mass is 16.5. The Labute approximate surface area is 166 Å². The lowest BCUT2D eigenvalue weighted by Gasteiger charge is -2.28. The summed E-state index contributed by atoms with van der Waals surface area (Å²) in [7, 11) is 0. The molecule has 0 aliphatic carbocycles. The number of fused-ring (bicyclic) bond motifs is 1. The highest BCUT2D eigenvalue weighted by Gasteiger charge is 2.39. The predicted molar refractivity (Wildman–Crippen MR) is 111 cm³/mol. The highest BCUT2D eigenvalue weighted by molar-refractivity contribution is 5.90. The van der Waals surface area contributed by atoms with Crippen LogP contribution in [0.3, 0.4) is 0 Å². The Bertz CT molecular complexity index is 873. The summed E-state index contributed by atoms with van der Waals surface area (Å²) in [4.78, 5) is 14.1. The minimum absolute atomic E-state index is 0.0691. The molecule has 28 heavy (non-hydrogen) atoms. The molecule has 2 aromatic rings. The van der Waals surface area contributed by atoms with Crippen LogP contribution in [0.4, 0.5) is 16.2 Å². The Morgan fingerprint density at radius 2 is 1.93 bits per heavy atom. The van der Waals surface area contributed by atoms with Gasteiger partial charge in [-0.25, -0.2) is 4.79 Å². The fourth-order valence-electron chi connectivity index (χ4n) is 3.78. The lowest BCUT2D eigenvalue weighted by molar-refractivity contribution is 0.252. The van der Waals surface area contributed by atoms with E-state index in [0.717, 1.165) is 29.1 Å². The molecule has 1 heterocycles. The molecule has 2 amide bonds. The van der Waals surface area contributed by atoms with E-state index in [1.54, 1.807) is 0 Å². The number of nitrogens with one attached hydrogen (secondary N) is 2. The molecular formula is C22H26N4O2. The summed E-state index contributed by atoms with van der Waals surface area (Å²) in [6.45, 7) is 7.85. The first kappa shape index (κ1) is 19.6. The number of carbonyl (C=O) groups excluding carboxylic acids is 1. The van der Waals surface area contributed by atoms with E-state index in [-0.39, 0.29) is 18.0 Å². The third-order valence-corrected chi connectivity index (χ3v) is 4.93. The third-order valence-electron chi connectivity index (χ3n) is 4.93. The topological polar surface area (TPSA) is 77.4 Å². The van der Waals surface area contributed by atoms with E-state index in [0.29, 0.717) is 18.8 Å². The number of hydrogen-bond donors (Lipinski definition) is 2. The van der Waals surface area contributed by atoms with Crippen molar-refractivity contribution in [2.45, 2.75) is 32.7 Å². The van der Waals surface area contributed by atoms with Gasteiger partial charge in [0.05, 0.1) is 24.6 Å². The molecule has 0 saturated heterocycles. The molecule has 146 valence electrons. The monoisotopic (exact) mass is 378 g/mol. The van der Waals surface area contributed by atoms with E-state index in [9.17, 15) is 10.1 Å². The van der Waals surface area contributed by atoms with E-state index in [1.165, 1.54) is 0 Å². The zero-order chi connectivity index (χ0) is 20.1. The molecule has 0 bridgehead atoms. The lowest BCUT2D eigenvalue weighted by atomic mass is 9.91. The predicted octanol–water partition coefficient (Wildman–Crippen LogP) is 4.42. The van der Waals surface area contributed by atoms with Crippen LogP contribution >= 0.6 is 0 Å². The number of likely N-dealkylation sites (N-methyl/N-ethyl adjacent to an activating group) is 1. The molecule has 2 aromatic carbocycles. The minimum atomic E-state index is -0.272. The second-order valence-electron chi connectivity index (χ2n) is 6.60. The highest BCUT2D eigenvalue weighted by Crippen LogP contribution is 2.49. The fourth-order valence-corrected chi connectivity index (χ4v) is 3.78. The normalized spacial score (nSPS) is 17.6. The molecule has 6 nitrogen and oxygen atoms in total. The maximum absolute atomic E-state index is 11.9. The summed E-state index contributed by atoms with van der Waals surface area (Å²) in [6.07, 6.45) is 0. The number of benzene rings is 2. The molecule has 0 saturated carbocycles. The molecular weight excluding hydrogens is 352 g/mol. The molecule has 2 N–H and O–H groups in total. The van der Waals surface area contributed by atoms with Crippen molar-refractivity contribution in [3.05, 3.63) is 53.6 Å². The summed E-state index contributed by atoms with van der Waals surface area (Å²) < 4.78 is 5.54. The number of urea groups is 1. The standard InChI is InChI=1S/C22H26N4O2/c1-4-24-22(27)25-16-9-12-18-19(14-23)21(26(5-2)20(18)13-16)15-7-10-17(11-8-15)28-6-3/h7-13,19,21H,4-6H2,1-3H3,(H2,24,25,27). The number of anilines is 2. The van der Waals surface area contributed by atoms with Crippen molar-refractivity contribution in [3.8, 4) is 11.8 Å². The van der Waals surface area contributed by atoms with Crippen LogP contribution in [0.2, 0.25) is 0 Å². The summed E-state index contributed by atoms with van der Waals surface area (Å²) >= 11 is 0. The Kier molecular flexibility index (Phi) is 6.05. The van der Waals surface area contributed by atoms with Gasteiger partial charge in [0.25, 0.3) is 0 Å². The Morgan fingerprint density at radius 3 is 2.54 bits per heavy atom. The van der Waals surface area contributed by atoms with Crippen LogP contribution in [-0.4, -0.2) is 25.7 Å². The van der Waals surface area contributed by atoms with Crippen molar-refractivity contribution in [2.24, 2.45) is 0 Å². The second-order valence-corrected chi connectivity index (χ2v) is 6.60. The van der Waals surface area contributed by atoms with E-state index < -0.39 is 0 Å². The van der Waals surface area contributed by atoms with Gasteiger partial charge in [0.15, 0.2) is 0 Å². The smallest absolute Gasteiger partial charge is 0.319 e. The van der Waals surface area contributed by atoms with Crippen molar-refractivity contribution in [1.82, 2.24) is 5.32 Å². The molecule has 0 spiro atoms. The Balaban J connectivity index is 1.94. The van der Waals surface area contributed by atoms with Crippen molar-refractivity contribution < 1.29 is 9.53 Å². The molecule has 3 rings (SSSR count). The fraction of sp³-hybridized carbons (Fsp3) is 0.364. The maximum atomic E-state index is 11.9. The number of carbonyl (C=O) groups is 1. The van der Waals surface area contributed by atoms with Crippen LogP contribution in [0.25, 0.3) is 0 Å². The van der Waals surface area contributed by atoms with Crippen LogP contribution in [0.1, 0.15) is 43.9 Å². The van der Waals surface area contributed by atoms with Crippen LogP contribution in [0, 0.1) is 11.3 Å². The summed E-state index contributed by atoms with van der Waals surface area (Å²) in [6, 6.07) is 15.9. The van der Waals surface area contributed by atoms with Crippen molar-refractivity contribution in [3.63, 3.8) is 0 Å². The molecule has 2 unspecified atom stereocenters. The molecule has 1 aliphatic rings. The SMILES string of the molecule is CCNC(=O)Nc1ccc2c(c1)N(CC)C(c1ccc(OCC)cc1)C2C#N. The third kappa shape index (κ3) is 3.74. The van der Waals surface area contributed by atoms with Crippen molar-refractivity contribution in [2.75, 3.05) is 29.9 Å². The Morgan fingerprint density at radius 1 is 1.18 bits per heavy atom. The number of rotatable bonds is 6. The Hall–Kier alpha value is -3.20. The number of ether oxygens (including phenoxy) is 1. The number of nitrogens with zero attached hydrogens (tertiary/aromatic N) is 2. The van der Waals surface area contributed by atoms with E-state index >= 15 is 0 Å². The summed E-state index contributed by atoms with van der Waals surface area (Å²) in [5, 5.41) is 15.5. The first-order valence-corrected chi connectivity index (χ1v) is 9.70. The van der Waals surface area contributed by atoms with Crippen LogP contribution in [-0.2, 0) is 0 Å². The van der Waals surface area contributed by atoms with Gasteiger partial charge in [-0.1, -0.05) is 18.2 Å². The van der Waals surface area contributed by atoms with E-state index in [1.807, 2.05) is 56.3 Å². The first-order valence-electron chi connectivity index (χ1n) is 9.70. The quantitative estimate of drug-likeness (QED) is 0.780. The van der Waals surface area contributed by atoms with Crippen LogP contribution in [0.15, 0.2) is 42.5 Å². The van der Waals surface area contributed by atoms with Crippen LogP contribution in [0.5, 0.6) is 5.75 Å². The first-order chi connectivity index (χ1) is 13.6. The average Bonchev–Trinajstić information content (AvgIpc) is 3.01. The summed E-state index contributed by atoms with van der Waals surface area (Å²) in [5.74, 6) is 0.554. The number of hydrogen-bond acceptors (Lipinski definition) is 4. The van der Waals surface area contributed by atoms with E-state index in [4.69, 9.17) is 4.74 Å². The largest absolute Gasteiger partial charge is 0.494 e. The molecule has 1 aliphatic heterocycles. The zero-order valence-electron chi connectivity index (χ0n) is 16.5. The van der Waals surface area contributed by atoms with Gasteiger partial charge in [0, 0.05) is 24.5 Å². The van der Waals surface area contributed by atoms with Gasteiger partial charge in [0.2, 0.25) is 0 Å². The van der Waals surface area contributed by atoms with Gasteiger partial charge in [-0.05, 0) is 56.2 Å². The average molecular weight is 378 g/mol. The van der Waals surface area contributed by atoms with Gasteiger partial charge in [-0.2, -0.15) is 5.26 Å². The summed E-state index contributed by atoms with van der Waals surface area (Å²) in [5.41, 5.74) is 3.77. The zero-order valence-corrected chi connectivity index (χ0v) is 16.5. The van der Waals surface area contributed by atoms with Gasteiger partial charge in [-0.3, -0.25) is 0 Å². The molecule has 0 fully saturated rings. The number of amides is 2.